The topological polar surface area (TPSA) is 86.5 Å². The molecule has 0 bridgehead atoms. The van der Waals surface area contributed by atoms with Gasteiger partial charge in [0.05, 0.1) is 0 Å². The number of hydrogen-bond acceptors (Lipinski definition) is 4. The molecule has 2 aromatic carbocycles. The fraction of sp³-hybridized carbons (Fsp3) is 0.407. The van der Waals surface area contributed by atoms with Crippen LogP contribution in [0.25, 0.3) is 10.9 Å². The Morgan fingerprint density at radius 3 is 2.38 bits per heavy atom. The highest BCUT2D eigenvalue weighted by Crippen LogP contribution is 2.14. The van der Waals surface area contributed by atoms with Gasteiger partial charge in [0.1, 0.15) is 11.3 Å². The van der Waals surface area contributed by atoms with Gasteiger partial charge < -0.3 is 25.3 Å². The number of likely N-dealkylation sites (N-methyl/N-ethyl adjacent to an activating group) is 1. The van der Waals surface area contributed by atoms with Crippen molar-refractivity contribution >= 4 is 22.9 Å². The molecule has 7 nitrogen and oxygen atoms in total. The number of ether oxygens (including phenoxy) is 1. The van der Waals surface area contributed by atoms with Gasteiger partial charge in [-0.3, -0.25) is 4.79 Å². The van der Waals surface area contributed by atoms with Crippen LogP contribution < -0.4 is 10.6 Å². The first-order valence-electron chi connectivity index (χ1n) is 11.8. The standard InChI is InChI=1S/C27H36N4O3/c1-27(2,3)34-26(33)29-19-21-13-11-20(12-14-21)8-7-16-31(4)17-15-28-25(32)24-18-22-9-5-6-10-23(22)30-24/h5-6,9-14,18,30H,7-8,15-17,19H2,1-4H3,(H,28,32)(H,29,33). The molecule has 0 spiro atoms. The molecule has 1 aromatic heterocycles. The van der Waals surface area contributed by atoms with Crippen molar-refractivity contribution < 1.29 is 14.3 Å². The molecule has 0 aliphatic rings. The Labute approximate surface area is 201 Å². The predicted molar refractivity (Wildman–Crippen MR) is 136 cm³/mol. The van der Waals surface area contributed by atoms with E-state index >= 15 is 0 Å². The molecule has 0 aliphatic carbocycles. The van der Waals surface area contributed by atoms with Crippen molar-refractivity contribution in [3.63, 3.8) is 0 Å². The Balaban J connectivity index is 1.31. The Morgan fingerprint density at radius 2 is 1.68 bits per heavy atom. The van der Waals surface area contributed by atoms with Crippen LogP contribution in [0, 0.1) is 0 Å². The minimum atomic E-state index is -0.496. The van der Waals surface area contributed by atoms with Gasteiger partial charge in [0, 0.05) is 30.5 Å². The van der Waals surface area contributed by atoms with E-state index in [0.29, 0.717) is 18.8 Å². The summed E-state index contributed by atoms with van der Waals surface area (Å²) in [6.45, 7) is 8.33. The molecule has 3 aromatic rings. The quantitative estimate of drug-likeness (QED) is 0.413. The number of para-hydroxylation sites is 1. The van der Waals surface area contributed by atoms with Crippen molar-refractivity contribution in [3.8, 4) is 0 Å². The SMILES string of the molecule is CN(CCCc1ccc(CNC(=O)OC(C)(C)C)cc1)CCNC(=O)c1cc2ccccc2[nH]1. The number of alkyl carbamates (subject to hydrolysis) is 1. The van der Waals surface area contributed by atoms with Crippen molar-refractivity contribution in [2.75, 3.05) is 26.7 Å². The first-order valence-corrected chi connectivity index (χ1v) is 11.8. The molecule has 2 amide bonds. The second kappa shape index (κ2) is 11.7. The maximum atomic E-state index is 12.4. The molecule has 0 fully saturated rings. The molecule has 0 unspecified atom stereocenters. The number of nitrogens with one attached hydrogen (secondary N) is 3. The lowest BCUT2D eigenvalue weighted by Crippen LogP contribution is -2.33. The van der Waals surface area contributed by atoms with E-state index in [1.807, 2.05) is 63.2 Å². The van der Waals surface area contributed by atoms with Crippen LogP contribution in [0.2, 0.25) is 0 Å². The van der Waals surface area contributed by atoms with Gasteiger partial charge in [-0.2, -0.15) is 0 Å². The number of carbonyl (C=O) groups excluding carboxylic acids is 2. The van der Waals surface area contributed by atoms with Crippen LogP contribution in [0.15, 0.2) is 54.6 Å². The summed E-state index contributed by atoms with van der Waals surface area (Å²) in [6.07, 6.45) is 1.60. The summed E-state index contributed by atoms with van der Waals surface area (Å²) in [6, 6.07) is 18.0. The van der Waals surface area contributed by atoms with Gasteiger partial charge in [-0.1, -0.05) is 42.5 Å². The Hall–Kier alpha value is -3.32. The summed E-state index contributed by atoms with van der Waals surface area (Å²) >= 11 is 0. The lowest BCUT2D eigenvalue weighted by molar-refractivity contribution is 0.0523. The molecule has 0 saturated carbocycles. The van der Waals surface area contributed by atoms with Crippen molar-refractivity contribution in [2.24, 2.45) is 0 Å². The summed E-state index contributed by atoms with van der Waals surface area (Å²) in [4.78, 5) is 29.5. The van der Waals surface area contributed by atoms with Gasteiger partial charge in [-0.15, -0.1) is 0 Å². The summed E-state index contributed by atoms with van der Waals surface area (Å²) in [5, 5.41) is 6.80. The monoisotopic (exact) mass is 464 g/mol. The summed E-state index contributed by atoms with van der Waals surface area (Å²) in [7, 11) is 2.07. The van der Waals surface area contributed by atoms with Gasteiger partial charge >= 0.3 is 6.09 Å². The fourth-order valence-electron chi connectivity index (χ4n) is 3.63. The maximum Gasteiger partial charge on any atom is 0.407 e. The number of aryl methyl sites for hydroxylation is 1. The molecular formula is C27H36N4O3. The zero-order valence-electron chi connectivity index (χ0n) is 20.6. The normalized spacial score (nSPS) is 11.6. The van der Waals surface area contributed by atoms with Crippen LogP contribution in [0.3, 0.4) is 0 Å². The number of carbonyl (C=O) groups is 2. The second-order valence-corrected chi connectivity index (χ2v) is 9.60. The van der Waals surface area contributed by atoms with Crippen molar-refractivity contribution in [1.82, 2.24) is 20.5 Å². The average Bonchev–Trinajstić information content (AvgIpc) is 3.22. The number of rotatable bonds is 10. The van der Waals surface area contributed by atoms with Gasteiger partial charge in [0.25, 0.3) is 5.91 Å². The highest BCUT2D eigenvalue weighted by atomic mass is 16.6. The third kappa shape index (κ3) is 8.23. The van der Waals surface area contributed by atoms with Gasteiger partial charge in [-0.05, 0) is 70.5 Å². The molecule has 3 rings (SSSR count). The number of H-pyrrole nitrogens is 1. The number of fused-ring (bicyclic) bond motifs is 1. The third-order valence-electron chi connectivity index (χ3n) is 5.42. The molecule has 0 aliphatic heterocycles. The van der Waals surface area contributed by atoms with Crippen LogP contribution in [0.4, 0.5) is 4.79 Å². The zero-order valence-corrected chi connectivity index (χ0v) is 20.6. The first kappa shape index (κ1) is 25.3. The van der Waals surface area contributed by atoms with Crippen LogP contribution in [0.1, 0.15) is 48.8 Å². The Morgan fingerprint density at radius 1 is 0.971 bits per heavy atom. The number of nitrogens with zero attached hydrogens (tertiary/aromatic N) is 1. The van der Waals surface area contributed by atoms with Crippen molar-refractivity contribution in [1.29, 1.82) is 0 Å². The zero-order chi connectivity index (χ0) is 24.6. The molecule has 0 saturated heterocycles. The van der Waals surface area contributed by atoms with E-state index in [2.05, 4.69) is 39.7 Å². The van der Waals surface area contributed by atoms with Crippen LogP contribution in [0.5, 0.6) is 0 Å². The van der Waals surface area contributed by atoms with E-state index in [1.165, 1.54) is 5.56 Å². The minimum Gasteiger partial charge on any atom is -0.444 e. The largest absolute Gasteiger partial charge is 0.444 e. The van der Waals surface area contributed by atoms with Crippen molar-refractivity contribution in [2.45, 2.75) is 45.8 Å². The van der Waals surface area contributed by atoms with Gasteiger partial charge in [0.15, 0.2) is 0 Å². The lowest BCUT2D eigenvalue weighted by atomic mass is 10.1. The Kier molecular flexibility index (Phi) is 8.71. The van der Waals surface area contributed by atoms with Crippen molar-refractivity contribution in [3.05, 3.63) is 71.4 Å². The number of aromatic nitrogens is 1. The second-order valence-electron chi connectivity index (χ2n) is 9.60. The highest BCUT2D eigenvalue weighted by Gasteiger charge is 2.15. The molecule has 182 valence electrons. The molecule has 34 heavy (non-hydrogen) atoms. The van der Waals surface area contributed by atoms with Crippen LogP contribution in [-0.2, 0) is 17.7 Å². The molecular weight excluding hydrogens is 428 g/mol. The van der Waals surface area contributed by atoms with E-state index < -0.39 is 11.7 Å². The molecule has 7 heteroatoms. The van der Waals surface area contributed by atoms with E-state index in [0.717, 1.165) is 42.4 Å². The molecule has 0 atom stereocenters. The van der Waals surface area contributed by atoms with Gasteiger partial charge in [0.2, 0.25) is 0 Å². The fourth-order valence-corrected chi connectivity index (χ4v) is 3.63. The first-order chi connectivity index (χ1) is 16.2. The van der Waals surface area contributed by atoms with Gasteiger partial charge in [-0.25, -0.2) is 4.79 Å². The minimum absolute atomic E-state index is 0.0779. The molecule has 3 N–H and O–H groups in total. The number of aromatic amines is 1. The summed E-state index contributed by atoms with van der Waals surface area (Å²) in [5.41, 5.74) is 3.37. The number of benzene rings is 2. The summed E-state index contributed by atoms with van der Waals surface area (Å²) < 4.78 is 5.26. The molecule has 1 heterocycles. The van der Waals surface area contributed by atoms with E-state index in [4.69, 9.17) is 4.74 Å². The maximum absolute atomic E-state index is 12.4. The lowest BCUT2D eigenvalue weighted by Gasteiger charge is -2.19. The van der Waals surface area contributed by atoms with E-state index in [1.54, 1.807) is 0 Å². The summed E-state index contributed by atoms with van der Waals surface area (Å²) in [5.74, 6) is -0.0779. The Bertz CT molecular complexity index is 1050. The van der Waals surface area contributed by atoms with E-state index in [9.17, 15) is 9.59 Å². The predicted octanol–water partition coefficient (Wildman–Crippen LogP) is 4.49. The van der Waals surface area contributed by atoms with Crippen LogP contribution in [-0.4, -0.2) is 54.2 Å². The van der Waals surface area contributed by atoms with E-state index in [-0.39, 0.29) is 5.91 Å². The van der Waals surface area contributed by atoms with Crippen LogP contribution >= 0.6 is 0 Å². The average molecular weight is 465 g/mol. The number of hydrogen-bond donors (Lipinski definition) is 3. The third-order valence-corrected chi connectivity index (χ3v) is 5.42. The number of amides is 2. The molecule has 0 radical (unpaired) electrons. The highest BCUT2D eigenvalue weighted by molar-refractivity contribution is 5.97. The smallest absolute Gasteiger partial charge is 0.407 e.